The van der Waals surface area contributed by atoms with E-state index < -0.39 is 0 Å². The third kappa shape index (κ3) is 7.58. The van der Waals surface area contributed by atoms with Gasteiger partial charge in [0.25, 0.3) is 5.91 Å². The molecule has 1 saturated heterocycles. The van der Waals surface area contributed by atoms with Crippen LogP contribution in [0.3, 0.4) is 0 Å². The van der Waals surface area contributed by atoms with Gasteiger partial charge >= 0.3 is 6.03 Å². The average molecular weight is 509 g/mol. The Labute approximate surface area is 210 Å². The largest absolute Gasteiger partial charge is 0.336 e. The number of rotatable bonds is 6. The molecule has 3 rings (SSSR count). The highest BCUT2D eigenvalue weighted by Crippen LogP contribution is 2.23. The van der Waals surface area contributed by atoms with Crippen LogP contribution in [0.2, 0.25) is 10.0 Å². The summed E-state index contributed by atoms with van der Waals surface area (Å²) in [6, 6.07) is 10.9. The minimum Gasteiger partial charge on any atom is -0.336 e. The van der Waals surface area contributed by atoms with E-state index in [9.17, 15) is 14.0 Å². The molecule has 6 nitrogen and oxygen atoms in total. The van der Waals surface area contributed by atoms with Crippen LogP contribution in [0.25, 0.3) is 0 Å². The summed E-state index contributed by atoms with van der Waals surface area (Å²) in [6.07, 6.45) is 0. The highest BCUT2D eigenvalue weighted by atomic mass is 35.5. The summed E-state index contributed by atoms with van der Waals surface area (Å²) >= 11 is 12.1. The number of halogens is 3. The molecule has 0 atom stereocenters. The van der Waals surface area contributed by atoms with Gasteiger partial charge in [0.05, 0.1) is 10.6 Å². The smallest absolute Gasteiger partial charge is 0.318 e. The second-order valence-electron chi connectivity index (χ2n) is 9.49. The Morgan fingerprint density at radius 1 is 1.03 bits per heavy atom. The van der Waals surface area contributed by atoms with Crippen LogP contribution < -0.4 is 5.32 Å². The Balaban J connectivity index is 1.57. The van der Waals surface area contributed by atoms with E-state index in [1.165, 1.54) is 12.1 Å². The molecule has 0 aromatic heterocycles. The standard InChI is InChI=1S/C25H31Cl2FN4O2/c1-25(2,3)29-24(34)32(17-18-4-7-20(28)8-5-18)15-12-30-10-13-31(14-11-30)23(33)21-9-6-19(26)16-22(21)27/h4-9,16H,10-15,17H2,1-3H3,(H,29,34). The monoisotopic (exact) mass is 508 g/mol. The number of carbonyl (C=O) groups is 2. The van der Waals surface area contributed by atoms with Gasteiger partial charge in [-0.3, -0.25) is 9.69 Å². The van der Waals surface area contributed by atoms with Crippen LogP contribution in [0.15, 0.2) is 42.5 Å². The first-order chi connectivity index (χ1) is 16.0. The number of carbonyl (C=O) groups excluding carboxylic acids is 2. The third-order valence-corrected chi connectivity index (χ3v) is 6.11. The fourth-order valence-corrected chi connectivity index (χ4v) is 4.22. The summed E-state index contributed by atoms with van der Waals surface area (Å²) in [6.45, 7) is 9.91. The average Bonchev–Trinajstić information content (AvgIpc) is 2.76. The van der Waals surface area contributed by atoms with Crippen molar-refractivity contribution in [2.75, 3.05) is 39.3 Å². The molecule has 1 N–H and O–H groups in total. The number of nitrogens with one attached hydrogen (secondary N) is 1. The first-order valence-corrected chi connectivity index (χ1v) is 12.1. The summed E-state index contributed by atoms with van der Waals surface area (Å²) in [5, 5.41) is 3.85. The number of amides is 3. The van der Waals surface area contributed by atoms with E-state index in [4.69, 9.17) is 23.2 Å². The molecule has 1 fully saturated rings. The van der Waals surface area contributed by atoms with Crippen molar-refractivity contribution in [3.05, 3.63) is 69.5 Å². The Morgan fingerprint density at radius 3 is 2.26 bits per heavy atom. The molecule has 184 valence electrons. The number of hydrogen-bond acceptors (Lipinski definition) is 3. The first kappa shape index (κ1) is 26.3. The molecule has 9 heteroatoms. The van der Waals surface area contributed by atoms with Crippen molar-refractivity contribution < 1.29 is 14.0 Å². The fourth-order valence-electron chi connectivity index (χ4n) is 3.73. The Kier molecular flexibility index (Phi) is 8.79. The van der Waals surface area contributed by atoms with Gasteiger partial charge in [-0.1, -0.05) is 35.3 Å². The second kappa shape index (κ2) is 11.4. The lowest BCUT2D eigenvalue weighted by Gasteiger charge is -2.36. The first-order valence-electron chi connectivity index (χ1n) is 11.3. The van der Waals surface area contributed by atoms with E-state index in [1.54, 1.807) is 40.1 Å². The lowest BCUT2D eigenvalue weighted by atomic mass is 10.1. The van der Waals surface area contributed by atoms with Crippen LogP contribution in [0.4, 0.5) is 9.18 Å². The van der Waals surface area contributed by atoms with Gasteiger partial charge in [0.1, 0.15) is 5.82 Å². The maximum Gasteiger partial charge on any atom is 0.318 e. The molecule has 0 radical (unpaired) electrons. The SMILES string of the molecule is CC(C)(C)NC(=O)N(CCN1CCN(C(=O)c2ccc(Cl)cc2Cl)CC1)Cc1ccc(F)cc1. The van der Waals surface area contributed by atoms with Gasteiger partial charge < -0.3 is 15.1 Å². The van der Waals surface area contributed by atoms with Crippen molar-refractivity contribution in [1.29, 1.82) is 0 Å². The molecular formula is C25H31Cl2FN4O2. The minimum absolute atomic E-state index is 0.108. The zero-order chi connectivity index (χ0) is 24.9. The number of nitrogens with zero attached hydrogens (tertiary/aromatic N) is 3. The molecule has 0 bridgehead atoms. The fraction of sp³-hybridized carbons (Fsp3) is 0.440. The molecule has 34 heavy (non-hydrogen) atoms. The van der Waals surface area contributed by atoms with Gasteiger partial charge in [-0.2, -0.15) is 0 Å². The molecule has 2 aromatic rings. The molecule has 3 amide bonds. The number of piperazine rings is 1. The van der Waals surface area contributed by atoms with Crippen molar-refractivity contribution in [2.24, 2.45) is 0 Å². The van der Waals surface area contributed by atoms with Gasteiger partial charge in [-0.25, -0.2) is 9.18 Å². The van der Waals surface area contributed by atoms with E-state index in [1.807, 2.05) is 20.8 Å². The zero-order valence-electron chi connectivity index (χ0n) is 19.8. The van der Waals surface area contributed by atoms with Gasteiger partial charge in [-0.15, -0.1) is 0 Å². The lowest BCUT2D eigenvalue weighted by Crippen LogP contribution is -2.52. The number of benzene rings is 2. The Morgan fingerprint density at radius 2 is 1.68 bits per heavy atom. The van der Waals surface area contributed by atoms with Gasteiger partial charge in [0.2, 0.25) is 0 Å². The maximum atomic E-state index is 13.3. The molecule has 1 aliphatic heterocycles. The molecular weight excluding hydrogens is 478 g/mol. The predicted octanol–water partition coefficient (Wildman–Crippen LogP) is 4.90. The van der Waals surface area contributed by atoms with Crippen molar-refractivity contribution in [1.82, 2.24) is 20.0 Å². The lowest BCUT2D eigenvalue weighted by molar-refractivity contribution is 0.0627. The summed E-state index contributed by atoms with van der Waals surface area (Å²) in [5.74, 6) is -0.412. The molecule has 0 spiro atoms. The predicted molar refractivity (Wildman–Crippen MR) is 134 cm³/mol. The van der Waals surface area contributed by atoms with Crippen LogP contribution in [0.5, 0.6) is 0 Å². The normalized spacial score (nSPS) is 14.7. The number of hydrogen-bond donors (Lipinski definition) is 1. The molecule has 1 heterocycles. The van der Waals surface area contributed by atoms with Crippen LogP contribution in [-0.4, -0.2) is 71.4 Å². The van der Waals surface area contributed by atoms with E-state index >= 15 is 0 Å². The topological polar surface area (TPSA) is 55.9 Å². The second-order valence-corrected chi connectivity index (χ2v) is 10.3. The molecule has 0 unspecified atom stereocenters. The van der Waals surface area contributed by atoms with Crippen molar-refractivity contribution in [3.63, 3.8) is 0 Å². The highest BCUT2D eigenvalue weighted by molar-refractivity contribution is 6.36. The molecule has 0 aliphatic carbocycles. The van der Waals surface area contributed by atoms with Crippen molar-refractivity contribution in [3.8, 4) is 0 Å². The summed E-state index contributed by atoms with van der Waals surface area (Å²) < 4.78 is 13.3. The van der Waals surface area contributed by atoms with E-state index in [0.717, 1.165) is 5.56 Å². The van der Waals surface area contributed by atoms with Crippen LogP contribution in [-0.2, 0) is 6.54 Å². The van der Waals surface area contributed by atoms with E-state index in [-0.39, 0.29) is 23.3 Å². The van der Waals surface area contributed by atoms with Crippen molar-refractivity contribution >= 4 is 35.1 Å². The molecule has 1 aliphatic rings. The molecule has 0 saturated carbocycles. The van der Waals surface area contributed by atoms with Crippen LogP contribution in [0, 0.1) is 5.82 Å². The summed E-state index contributed by atoms with van der Waals surface area (Å²) in [4.78, 5) is 31.5. The maximum absolute atomic E-state index is 13.3. The number of urea groups is 1. The van der Waals surface area contributed by atoms with Crippen LogP contribution >= 0.6 is 23.2 Å². The third-order valence-electron chi connectivity index (χ3n) is 5.56. The van der Waals surface area contributed by atoms with Gasteiger partial charge in [-0.05, 0) is 56.7 Å². The van der Waals surface area contributed by atoms with E-state index in [2.05, 4.69) is 10.2 Å². The van der Waals surface area contributed by atoms with Crippen molar-refractivity contribution in [2.45, 2.75) is 32.9 Å². The Bertz CT molecular complexity index is 1000. The van der Waals surface area contributed by atoms with Gasteiger partial charge in [0.15, 0.2) is 0 Å². The Hall–Kier alpha value is -2.35. The molecule has 2 aromatic carbocycles. The quantitative estimate of drug-likeness (QED) is 0.603. The zero-order valence-corrected chi connectivity index (χ0v) is 21.3. The summed E-state index contributed by atoms with van der Waals surface area (Å²) in [7, 11) is 0. The van der Waals surface area contributed by atoms with Gasteiger partial charge in [0, 0.05) is 56.4 Å². The van der Waals surface area contributed by atoms with Crippen LogP contribution in [0.1, 0.15) is 36.7 Å². The summed E-state index contributed by atoms with van der Waals surface area (Å²) in [5.41, 5.74) is 0.942. The van der Waals surface area contributed by atoms with E-state index in [0.29, 0.717) is 61.4 Å². The highest BCUT2D eigenvalue weighted by Gasteiger charge is 2.25. The minimum atomic E-state index is -0.368.